The van der Waals surface area contributed by atoms with Crippen LogP contribution in [0, 0.1) is 0 Å². The Morgan fingerprint density at radius 2 is 1.80 bits per heavy atom. The third-order valence-corrected chi connectivity index (χ3v) is 4.05. The molecule has 0 bridgehead atoms. The Morgan fingerprint density at radius 1 is 1.15 bits per heavy atom. The standard InChI is InChI=1S/C16H15ClO2S/c1-3-20-13-7-4-11(5-8-13)16(18)12-6-9-14(17)15(10-12)19-2/h4-10H,3H2,1-2H3. The zero-order valence-electron chi connectivity index (χ0n) is 11.4. The van der Waals surface area contributed by atoms with E-state index >= 15 is 0 Å². The van der Waals surface area contributed by atoms with Crippen molar-refractivity contribution in [3.8, 4) is 5.75 Å². The van der Waals surface area contributed by atoms with Crippen molar-refractivity contribution in [1.82, 2.24) is 0 Å². The van der Waals surface area contributed by atoms with Gasteiger partial charge >= 0.3 is 0 Å². The van der Waals surface area contributed by atoms with Crippen LogP contribution < -0.4 is 4.74 Å². The summed E-state index contributed by atoms with van der Waals surface area (Å²) >= 11 is 7.71. The van der Waals surface area contributed by atoms with Crippen molar-refractivity contribution < 1.29 is 9.53 Å². The smallest absolute Gasteiger partial charge is 0.193 e. The third-order valence-electron chi connectivity index (χ3n) is 2.84. The third kappa shape index (κ3) is 3.35. The molecule has 0 spiro atoms. The second-order valence-electron chi connectivity index (χ2n) is 4.14. The molecule has 0 aliphatic rings. The molecule has 0 atom stereocenters. The first-order chi connectivity index (χ1) is 9.65. The summed E-state index contributed by atoms with van der Waals surface area (Å²) in [5.74, 6) is 1.49. The maximum Gasteiger partial charge on any atom is 0.193 e. The normalized spacial score (nSPS) is 10.3. The Hall–Kier alpha value is -1.45. The quantitative estimate of drug-likeness (QED) is 0.592. The zero-order valence-corrected chi connectivity index (χ0v) is 12.9. The molecule has 0 saturated heterocycles. The molecule has 2 rings (SSSR count). The van der Waals surface area contributed by atoms with Crippen molar-refractivity contribution >= 4 is 29.1 Å². The lowest BCUT2D eigenvalue weighted by Crippen LogP contribution is -2.01. The fourth-order valence-electron chi connectivity index (χ4n) is 1.84. The summed E-state index contributed by atoms with van der Waals surface area (Å²) in [4.78, 5) is 13.6. The molecule has 4 heteroatoms. The van der Waals surface area contributed by atoms with Crippen molar-refractivity contribution in [3.05, 3.63) is 58.6 Å². The number of ketones is 1. The monoisotopic (exact) mass is 306 g/mol. The van der Waals surface area contributed by atoms with E-state index in [1.807, 2.05) is 24.3 Å². The molecule has 0 radical (unpaired) electrons. The minimum Gasteiger partial charge on any atom is -0.495 e. The molecule has 0 aliphatic heterocycles. The first kappa shape index (κ1) is 14.9. The van der Waals surface area contributed by atoms with Gasteiger partial charge in [-0.1, -0.05) is 18.5 Å². The molecular formula is C16H15ClO2S. The highest BCUT2D eigenvalue weighted by Crippen LogP contribution is 2.26. The predicted octanol–water partition coefficient (Wildman–Crippen LogP) is 4.69. The molecule has 0 unspecified atom stereocenters. The van der Waals surface area contributed by atoms with Crippen molar-refractivity contribution in [2.45, 2.75) is 11.8 Å². The Bertz CT molecular complexity index is 608. The van der Waals surface area contributed by atoms with Crippen LogP contribution in [0.5, 0.6) is 5.75 Å². The molecule has 2 nitrogen and oxygen atoms in total. The van der Waals surface area contributed by atoms with Crippen LogP contribution in [-0.2, 0) is 0 Å². The fourth-order valence-corrected chi connectivity index (χ4v) is 2.69. The molecule has 0 aromatic heterocycles. The molecule has 2 aromatic rings. The molecule has 2 aromatic carbocycles. The summed E-state index contributed by atoms with van der Waals surface area (Å²) in [6, 6.07) is 12.7. The Morgan fingerprint density at radius 3 is 2.40 bits per heavy atom. The first-order valence-electron chi connectivity index (χ1n) is 6.26. The fraction of sp³-hybridized carbons (Fsp3) is 0.188. The average Bonchev–Trinajstić information content (AvgIpc) is 2.48. The SMILES string of the molecule is CCSc1ccc(C(=O)c2ccc(Cl)c(OC)c2)cc1. The largest absolute Gasteiger partial charge is 0.495 e. The predicted molar refractivity (Wildman–Crippen MR) is 84.3 cm³/mol. The minimum absolute atomic E-state index is 0.0342. The molecule has 0 amide bonds. The van der Waals surface area contributed by atoms with Gasteiger partial charge in [-0.2, -0.15) is 0 Å². The van der Waals surface area contributed by atoms with Gasteiger partial charge in [0.2, 0.25) is 0 Å². The minimum atomic E-state index is -0.0342. The number of rotatable bonds is 5. The number of hydrogen-bond donors (Lipinski definition) is 0. The first-order valence-corrected chi connectivity index (χ1v) is 7.63. The summed E-state index contributed by atoms with van der Waals surface area (Å²) in [7, 11) is 1.53. The number of carbonyl (C=O) groups excluding carboxylic acids is 1. The summed E-state index contributed by atoms with van der Waals surface area (Å²) < 4.78 is 5.14. The van der Waals surface area contributed by atoms with Crippen molar-refractivity contribution in [2.75, 3.05) is 12.9 Å². The van der Waals surface area contributed by atoms with Crippen LogP contribution in [-0.4, -0.2) is 18.6 Å². The number of methoxy groups -OCH3 is 1. The average molecular weight is 307 g/mol. The molecule has 104 valence electrons. The summed E-state index contributed by atoms with van der Waals surface area (Å²) in [5, 5.41) is 0.499. The highest BCUT2D eigenvalue weighted by Gasteiger charge is 2.11. The van der Waals surface area contributed by atoms with E-state index in [1.54, 1.807) is 30.0 Å². The van der Waals surface area contributed by atoms with Crippen LogP contribution in [0.15, 0.2) is 47.4 Å². The molecular weight excluding hydrogens is 292 g/mol. The Balaban J connectivity index is 2.26. The van der Waals surface area contributed by atoms with E-state index in [-0.39, 0.29) is 5.78 Å². The molecule has 0 heterocycles. The number of carbonyl (C=O) groups is 1. The second-order valence-corrected chi connectivity index (χ2v) is 5.88. The van der Waals surface area contributed by atoms with E-state index in [2.05, 4.69) is 6.92 Å². The van der Waals surface area contributed by atoms with Gasteiger partial charge in [0.15, 0.2) is 5.78 Å². The molecule has 0 saturated carbocycles. The number of benzene rings is 2. The summed E-state index contributed by atoms with van der Waals surface area (Å²) in [5.41, 5.74) is 1.23. The van der Waals surface area contributed by atoms with Crippen molar-refractivity contribution in [2.24, 2.45) is 0 Å². The Kier molecular flexibility index (Phi) is 5.10. The number of thioether (sulfide) groups is 1. The second kappa shape index (κ2) is 6.82. The lowest BCUT2D eigenvalue weighted by Gasteiger charge is -2.06. The highest BCUT2D eigenvalue weighted by molar-refractivity contribution is 7.99. The van der Waals surface area contributed by atoms with Crippen molar-refractivity contribution in [1.29, 1.82) is 0 Å². The van der Waals surface area contributed by atoms with Crippen LogP contribution in [0.3, 0.4) is 0 Å². The maximum absolute atomic E-state index is 12.4. The molecule has 0 aliphatic carbocycles. The van der Waals surface area contributed by atoms with Gasteiger partial charge in [-0.15, -0.1) is 11.8 Å². The van der Waals surface area contributed by atoms with Crippen LogP contribution in [0.2, 0.25) is 5.02 Å². The van der Waals surface area contributed by atoms with E-state index in [9.17, 15) is 4.79 Å². The number of hydrogen-bond acceptors (Lipinski definition) is 3. The number of halogens is 1. The summed E-state index contributed by atoms with van der Waals surface area (Å²) in [6.45, 7) is 2.10. The van der Waals surface area contributed by atoms with E-state index in [0.717, 1.165) is 10.6 Å². The lowest BCUT2D eigenvalue weighted by atomic mass is 10.0. The lowest BCUT2D eigenvalue weighted by molar-refractivity contribution is 0.103. The Labute approximate surface area is 128 Å². The topological polar surface area (TPSA) is 26.3 Å². The van der Waals surface area contributed by atoms with Crippen molar-refractivity contribution in [3.63, 3.8) is 0 Å². The van der Waals surface area contributed by atoms with E-state index < -0.39 is 0 Å². The zero-order chi connectivity index (χ0) is 14.5. The van der Waals surface area contributed by atoms with E-state index in [0.29, 0.717) is 21.9 Å². The molecule has 0 N–H and O–H groups in total. The molecule has 20 heavy (non-hydrogen) atoms. The van der Waals surface area contributed by atoms with Crippen LogP contribution in [0.25, 0.3) is 0 Å². The number of ether oxygens (including phenoxy) is 1. The van der Waals surface area contributed by atoms with Gasteiger partial charge in [0.1, 0.15) is 5.75 Å². The van der Waals surface area contributed by atoms with Gasteiger partial charge in [0.05, 0.1) is 12.1 Å². The van der Waals surface area contributed by atoms with Gasteiger partial charge in [0, 0.05) is 16.0 Å². The molecule has 0 fully saturated rings. The van der Waals surface area contributed by atoms with E-state index in [1.165, 1.54) is 7.11 Å². The van der Waals surface area contributed by atoms with Gasteiger partial charge in [-0.3, -0.25) is 4.79 Å². The van der Waals surface area contributed by atoms with Gasteiger partial charge < -0.3 is 4.74 Å². The van der Waals surface area contributed by atoms with Gasteiger partial charge in [0.25, 0.3) is 0 Å². The van der Waals surface area contributed by atoms with E-state index in [4.69, 9.17) is 16.3 Å². The van der Waals surface area contributed by atoms with Gasteiger partial charge in [-0.25, -0.2) is 0 Å². The maximum atomic E-state index is 12.4. The summed E-state index contributed by atoms with van der Waals surface area (Å²) in [6.07, 6.45) is 0. The van der Waals surface area contributed by atoms with Crippen LogP contribution in [0.4, 0.5) is 0 Å². The highest BCUT2D eigenvalue weighted by atomic mass is 35.5. The van der Waals surface area contributed by atoms with Gasteiger partial charge in [-0.05, 0) is 48.2 Å². The van der Waals surface area contributed by atoms with Crippen LogP contribution in [0.1, 0.15) is 22.8 Å². The van der Waals surface area contributed by atoms with Crippen LogP contribution >= 0.6 is 23.4 Å².